The molecule has 0 unspecified atom stereocenters. The van der Waals surface area contributed by atoms with E-state index < -0.39 is 17.6 Å². The number of aliphatic carboxylic acids is 1. The lowest BCUT2D eigenvalue weighted by Gasteiger charge is -2.09. The maximum atomic E-state index is 13.4. The third-order valence-electron chi connectivity index (χ3n) is 3.54. The fraction of sp³-hybridized carbons (Fsp3) is 0.263. The Morgan fingerprint density at radius 1 is 1.08 bits per heavy atom. The van der Waals surface area contributed by atoms with Crippen molar-refractivity contribution in [3.05, 3.63) is 59.7 Å². The number of nitrogens with one attached hydrogen (secondary N) is 1. The van der Waals surface area contributed by atoms with Crippen LogP contribution in [0.15, 0.2) is 42.5 Å². The monoisotopic (exact) mass is 363 g/mol. The van der Waals surface area contributed by atoms with Gasteiger partial charge in [0.1, 0.15) is 5.82 Å². The van der Waals surface area contributed by atoms with Gasteiger partial charge < -0.3 is 15.2 Å². The van der Waals surface area contributed by atoms with Gasteiger partial charge in [0.2, 0.25) is 5.91 Å². The van der Waals surface area contributed by atoms with E-state index in [4.69, 9.17) is 9.84 Å². The minimum Gasteiger partial charge on any atom is -0.491 e. The zero-order valence-corrected chi connectivity index (χ0v) is 14.0. The van der Waals surface area contributed by atoms with Crippen LogP contribution in [0, 0.1) is 11.6 Å². The topological polar surface area (TPSA) is 75.6 Å². The van der Waals surface area contributed by atoms with E-state index >= 15 is 0 Å². The van der Waals surface area contributed by atoms with Gasteiger partial charge in [-0.3, -0.25) is 9.59 Å². The summed E-state index contributed by atoms with van der Waals surface area (Å²) in [6.45, 7) is 0.120. The molecule has 0 bridgehead atoms. The molecule has 0 aliphatic carbocycles. The first kappa shape index (κ1) is 19.4. The maximum Gasteiger partial charge on any atom is 0.303 e. The van der Waals surface area contributed by atoms with Gasteiger partial charge >= 0.3 is 5.97 Å². The number of hydrogen-bond donors (Lipinski definition) is 2. The third-order valence-corrected chi connectivity index (χ3v) is 3.54. The van der Waals surface area contributed by atoms with Gasteiger partial charge in [0.05, 0.1) is 6.61 Å². The van der Waals surface area contributed by atoms with Crippen LogP contribution < -0.4 is 10.1 Å². The van der Waals surface area contributed by atoms with Crippen molar-refractivity contribution in [1.82, 2.24) is 0 Å². The second-order valence-corrected chi connectivity index (χ2v) is 5.67. The molecule has 7 heteroatoms. The lowest BCUT2D eigenvalue weighted by molar-refractivity contribution is -0.137. The smallest absolute Gasteiger partial charge is 0.303 e. The zero-order valence-electron chi connectivity index (χ0n) is 14.0. The van der Waals surface area contributed by atoms with Crippen LogP contribution in [0.2, 0.25) is 0 Å². The van der Waals surface area contributed by atoms with Crippen molar-refractivity contribution >= 4 is 17.6 Å². The second kappa shape index (κ2) is 9.50. The fourth-order valence-electron chi connectivity index (χ4n) is 2.29. The fourth-order valence-corrected chi connectivity index (χ4v) is 2.29. The number of carbonyl (C=O) groups is 2. The molecule has 0 aromatic heterocycles. The minimum atomic E-state index is -0.878. The molecular formula is C19H19F2NO4. The highest BCUT2D eigenvalue weighted by Gasteiger charge is 2.07. The predicted molar refractivity (Wildman–Crippen MR) is 92.1 cm³/mol. The number of carbonyl (C=O) groups excluding carboxylic acids is 1. The molecule has 0 saturated carbocycles. The Bertz CT molecular complexity index is 780. The molecule has 0 fully saturated rings. The number of halogens is 2. The van der Waals surface area contributed by atoms with Gasteiger partial charge in [-0.15, -0.1) is 0 Å². The van der Waals surface area contributed by atoms with Crippen LogP contribution in [0.25, 0.3) is 0 Å². The van der Waals surface area contributed by atoms with E-state index in [1.807, 2.05) is 0 Å². The number of rotatable bonds is 9. The molecule has 138 valence electrons. The van der Waals surface area contributed by atoms with Crippen molar-refractivity contribution in [3.63, 3.8) is 0 Å². The van der Waals surface area contributed by atoms with Gasteiger partial charge in [-0.25, -0.2) is 8.78 Å². The number of carboxylic acid groups (broad SMARTS) is 1. The van der Waals surface area contributed by atoms with Gasteiger partial charge in [-0.05, 0) is 42.7 Å². The highest BCUT2D eigenvalue weighted by atomic mass is 19.1. The van der Waals surface area contributed by atoms with E-state index in [0.29, 0.717) is 18.5 Å². The molecule has 0 aliphatic rings. The SMILES string of the molecule is O=C(O)CCc1cccc(NC(=O)CCCOc2ccc(F)cc2F)c1. The molecule has 5 nitrogen and oxygen atoms in total. The van der Waals surface area contributed by atoms with E-state index in [1.54, 1.807) is 24.3 Å². The Labute approximate surface area is 149 Å². The maximum absolute atomic E-state index is 13.4. The lowest BCUT2D eigenvalue weighted by Crippen LogP contribution is -2.13. The number of ether oxygens (including phenoxy) is 1. The molecule has 2 aromatic carbocycles. The summed E-state index contributed by atoms with van der Waals surface area (Å²) >= 11 is 0. The normalized spacial score (nSPS) is 10.4. The number of aryl methyl sites for hydroxylation is 1. The van der Waals surface area contributed by atoms with E-state index in [0.717, 1.165) is 17.7 Å². The third kappa shape index (κ3) is 6.51. The van der Waals surface area contributed by atoms with Crippen molar-refractivity contribution in [2.45, 2.75) is 25.7 Å². The molecule has 1 amide bonds. The molecule has 0 radical (unpaired) electrons. The van der Waals surface area contributed by atoms with Crippen LogP contribution in [-0.4, -0.2) is 23.6 Å². The lowest BCUT2D eigenvalue weighted by atomic mass is 10.1. The van der Waals surface area contributed by atoms with E-state index in [-0.39, 0.29) is 31.1 Å². The summed E-state index contributed by atoms with van der Waals surface area (Å²) < 4.78 is 31.4. The summed E-state index contributed by atoms with van der Waals surface area (Å²) in [5.74, 6) is -2.63. The van der Waals surface area contributed by atoms with Crippen LogP contribution in [0.5, 0.6) is 5.75 Å². The Balaban J connectivity index is 1.74. The molecule has 0 atom stereocenters. The van der Waals surface area contributed by atoms with Gasteiger partial charge in [-0.2, -0.15) is 0 Å². The quantitative estimate of drug-likeness (QED) is 0.665. The number of anilines is 1. The van der Waals surface area contributed by atoms with Crippen molar-refractivity contribution in [3.8, 4) is 5.75 Å². The highest BCUT2D eigenvalue weighted by molar-refractivity contribution is 5.90. The van der Waals surface area contributed by atoms with Gasteiger partial charge in [0, 0.05) is 24.6 Å². The van der Waals surface area contributed by atoms with Gasteiger partial charge in [0.25, 0.3) is 0 Å². The molecule has 0 spiro atoms. The molecule has 26 heavy (non-hydrogen) atoms. The van der Waals surface area contributed by atoms with Crippen molar-refractivity contribution < 1.29 is 28.2 Å². The van der Waals surface area contributed by atoms with E-state index in [2.05, 4.69) is 5.32 Å². The molecule has 2 aromatic rings. The van der Waals surface area contributed by atoms with Gasteiger partial charge in [-0.1, -0.05) is 12.1 Å². The Hall–Kier alpha value is -2.96. The van der Waals surface area contributed by atoms with Crippen LogP contribution >= 0.6 is 0 Å². The molecule has 0 saturated heterocycles. The minimum absolute atomic E-state index is 0.0225. The molecule has 0 heterocycles. The summed E-state index contributed by atoms with van der Waals surface area (Å²) in [5.41, 5.74) is 1.41. The second-order valence-electron chi connectivity index (χ2n) is 5.67. The van der Waals surface area contributed by atoms with Crippen LogP contribution in [0.4, 0.5) is 14.5 Å². The average molecular weight is 363 g/mol. The van der Waals surface area contributed by atoms with Crippen molar-refractivity contribution in [1.29, 1.82) is 0 Å². The van der Waals surface area contributed by atoms with E-state index in [1.165, 1.54) is 6.07 Å². The average Bonchev–Trinajstić information content (AvgIpc) is 2.59. The predicted octanol–water partition coefficient (Wildman–Crippen LogP) is 3.78. The van der Waals surface area contributed by atoms with Gasteiger partial charge in [0.15, 0.2) is 11.6 Å². The van der Waals surface area contributed by atoms with Crippen LogP contribution in [-0.2, 0) is 16.0 Å². The summed E-state index contributed by atoms with van der Waals surface area (Å²) in [6.07, 6.45) is 0.939. The Morgan fingerprint density at radius 3 is 2.62 bits per heavy atom. The Morgan fingerprint density at radius 2 is 1.88 bits per heavy atom. The van der Waals surface area contributed by atoms with E-state index in [9.17, 15) is 18.4 Å². The van der Waals surface area contributed by atoms with Crippen molar-refractivity contribution in [2.75, 3.05) is 11.9 Å². The number of benzene rings is 2. The summed E-state index contributed by atoms with van der Waals surface area (Å²) in [5, 5.41) is 11.4. The first-order valence-corrected chi connectivity index (χ1v) is 8.12. The largest absolute Gasteiger partial charge is 0.491 e. The molecule has 2 rings (SSSR count). The summed E-state index contributed by atoms with van der Waals surface area (Å²) in [4.78, 5) is 22.5. The first-order chi connectivity index (χ1) is 12.4. The van der Waals surface area contributed by atoms with Crippen LogP contribution in [0.3, 0.4) is 0 Å². The highest BCUT2D eigenvalue weighted by Crippen LogP contribution is 2.18. The molecular weight excluding hydrogens is 344 g/mol. The van der Waals surface area contributed by atoms with Crippen molar-refractivity contribution in [2.24, 2.45) is 0 Å². The standard InChI is InChI=1S/C19H19F2NO4/c20-14-7-8-17(16(21)12-14)26-10-2-5-18(23)22-15-4-1-3-13(11-15)6-9-19(24)25/h1,3-4,7-8,11-12H,2,5-6,9-10H2,(H,22,23)(H,24,25). The van der Waals surface area contributed by atoms with Crippen LogP contribution in [0.1, 0.15) is 24.8 Å². The zero-order chi connectivity index (χ0) is 18.9. The number of carboxylic acids is 1. The number of hydrogen-bond acceptors (Lipinski definition) is 3. The summed E-state index contributed by atoms with van der Waals surface area (Å²) in [7, 11) is 0. The number of amides is 1. The summed E-state index contributed by atoms with van der Waals surface area (Å²) in [6, 6.07) is 10.0. The molecule has 2 N–H and O–H groups in total. The first-order valence-electron chi connectivity index (χ1n) is 8.12. The molecule has 0 aliphatic heterocycles. The Kier molecular flexibility index (Phi) is 7.08.